The second-order valence-corrected chi connectivity index (χ2v) is 18.1. The van der Waals surface area contributed by atoms with Crippen LogP contribution in [0.1, 0.15) is 11.1 Å². The van der Waals surface area contributed by atoms with Crippen molar-refractivity contribution in [3.05, 3.63) is 114 Å². The van der Waals surface area contributed by atoms with Gasteiger partial charge in [-0.25, -0.2) is 4.42 Å². The molecule has 0 aliphatic heterocycles. The van der Waals surface area contributed by atoms with E-state index in [1.54, 1.807) is 0 Å². The Balaban J connectivity index is 0.000000444. The Labute approximate surface area is 206 Å². The van der Waals surface area contributed by atoms with Gasteiger partial charge in [-0.2, -0.15) is 0 Å². The van der Waals surface area contributed by atoms with Gasteiger partial charge in [0.1, 0.15) is 0 Å². The monoisotopic (exact) mass is 543 g/mol. The Morgan fingerprint density at radius 1 is 0.625 bits per heavy atom. The Hall–Kier alpha value is -1.77. The molecule has 0 amide bonds. The van der Waals surface area contributed by atoms with Crippen LogP contribution in [-0.4, -0.2) is 0 Å². The average Bonchev–Trinajstić information content (AvgIpc) is 2.79. The van der Waals surface area contributed by atoms with Gasteiger partial charge in [0.05, 0.1) is 16.5 Å². The van der Waals surface area contributed by atoms with Crippen LogP contribution in [0.25, 0.3) is 33.1 Å². The molecule has 0 saturated heterocycles. The molecule has 1 heterocycles. The van der Waals surface area contributed by atoms with E-state index in [1.807, 2.05) is 6.07 Å². The molecular weight excluding hydrogens is 526 g/mol. The molecule has 0 radical (unpaired) electrons. The summed E-state index contributed by atoms with van der Waals surface area (Å²) in [5.74, 6) is 0.947. The minimum absolute atomic E-state index is 0.841. The van der Waals surface area contributed by atoms with E-state index in [0.717, 1.165) is 23.3 Å². The van der Waals surface area contributed by atoms with Crippen LogP contribution in [0.3, 0.4) is 0 Å². The normalized spacial score (nSPS) is 11.8. The first-order valence-electron chi connectivity index (χ1n) is 9.79. The molecule has 0 aliphatic rings. The summed E-state index contributed by atoms with van der Waals surface area (Å²) in [6.07, 6.45) is 0.841. The van der Waals surface area contributed by atoms with Crippen molar-refractivity contribution < 1.29 is 13.6 Å². The first-order valence-corrected chi connectivity index (χ1v) is 15.9. The quantitative estimate of drug-likeness (QED) is 0.125. The van der Waals surface area contributed by atoms with E-state index in [4.69, 9.17) is 44.8 Å². The van der Waals surface area contributed by atoms with E-state index in [0.29, 0.717) is 0 Å². The molecule has 1 nitrogen and oxygen atoms in total. The van der Waals surface area contributed by atoms with Crippen LogP contribution in [-0.2, 0) is 15.6 Å². The third-order valence-corrected chi connectivity index (χ3v) is 5.03. The maximum atomic E-state index is 6.46. The van der Waals surface area contributed by atoms with E-state index in [2.05, 4.69) is 97.1 Å². The Morgan fingerprint density at radius 3 is 1.91 bits per heavy atom. The molecule has 4 aromatic carbocycles. The molecule has 165 valence electrons. The van der Waals surface area contributed by atoms with Gasteiger partial charge in [-0.15, -0.1) is 0 Å². The predicted molar refractivity (Wildman–Crippen MR) is 136 cm³/mol. The van der Waals surface area contributed by atoms with Gasteiger partial charge in [0, 0.05) is 12.5 Å². The van der Waals surface area contributed by atoms with E-state index in [1.165, 1.54) is 27.3 Å². The van der Waals surface area contributed by atoms with Gasteiger partial charge in [0.2, 0.25) is 0 Å². The fraction of sp³-hybridized carbons (Fsp3) is 0.0385. The molecule has 0 fully saturated rings. The molecule has 6 heteroatoms. The van der Waals surface area contributed by atoms with E-state index >= 15 is 0 Å². The van der Waals surface area contributed by atoms with Gasteiger partial charge in [-0.05, 0) is 40.6 Å². The molecule has 0 atom stereocenters. The second-order valence-electron chi connectivity index (χ2n) is 7.13. The van der Waals surface area contributed by atoms with Crippen LogP contribution in [0.15, 0.2) is 108 Å². The minimum Gasteiger partial charge on any atom is -0.206 e. The first-order chi connectivity index (χ1) is 15.4. The summed E-state index contributed by atoms with van der Waals surface area (Å²) in [5.41, 5.74) is 4.52. The number of hydrogen-bond donors (Lipinski definition) is 0. The van der Waals surface area contributed by atoms with Crippen molar-refractivity contribution in [3.8, 4) is 11.3 Å². The molecular formula is C26H19Cl4FeO. The number of halogens is 4. The standard InChI is InChI=1S/C26H19O.4ClH.Fe/c1-3-9-19(10-4-1)17-22-18-24-23-14-8-7-11-20(23)15-16-25(24)27-26(22)21-12-5-2-6-13-21;;;;;/h1-16,18H,17H2;4*1H;/q+1;;;;;+3/p-4. The largest absolute Gasteiger partial charge is 0.364 e. The molecule has 0 unspecified atom stereocenters. The Morgan fingerprint density at radius 2 is 1.22 bits per heavy atom. The third-order valence-electron chi connectivity index (χ3n) is 5.03. The third kappa shape index (κ3) is 6.17. The fourth-order valence-corrected chi connectivity index (χ4v) is 3.71. The van der Waals surface area contributed by atoms with Crippen molar-refractivity contribution in [1.82, 2.24) is 0 Å². The molecule has 0 aliphatic carbocycles. The number of benzene rings is 4. The summed E-state index contributed by atoms with van der Waals surface area (Å²) >= 11 is 0. The molecule has 0 N–H and O–H groups in total. The van der Waals surface area contributed by atoms with Crippen LogP contribution >= 0.6 is 40.4 Å². The molecule has 32 heavy (non-hydrogen) atoms. The maximum absolute atomic E-state index is 6.46. The van der Waals surface area contributed by atoms with Crippen LogP contribution in [0.4, 0.5) is 0 Å². The second kappa shape index (κ2) is 10.4. The molecule has 0 saturated carbocycles. The molecule has 1 aromatic heterocycles. The van der Waals surface area contributed by atoms with Gasteiger partial charge in [-0.1, -0.05) is 72.8 Å². The van der Waals surface area contributed by atoms with E-state index in [-0.39, 0.29) is 0 Å². The summed E-state index contributed by atoms with van der Waals surface area (Å²) < 4.78 is 6.46. The first kappa shape index (κ1) is 23.4. The minimum atomic E-state index is -2.61. The van der Waals surface area contributed by atoms with Gasteiger partial charge in [-0.3, -0.25) is 0 Å². The predicted octanol–water partition coefficient (Wildman–Crippen LogP) is 9.88. The van der Waals surface area contributed by atoms with Crippen molar-refractivity contribution in [3.63, 3.8) is 0 Å². The van der Waals surface area contributed by atoms with Crippen molar-refractivity contribution >= 4 is 62.1 Å². The van der Waals surface area contributed by atoms with E-state index < -0.39 is 9.20 Å². The van der Waals surface area contributed by atoms with Gasteiger partial charge >= 0.3 is 60.9 Å². The summed E-state index contributed by atoms with van der Waals surface area (Å²) in [4.78, 5) is 0. The van der Waals surface area contributed by atoms with Crippen LogP contribution in [0.2, 0.25) is 0 Å². The number of fused-ring (bicyclic) bond motifs is 3. The van der Waals surface area contributed by atoms with E-state index in [9.17, 15) is 0 Å². The molecule has 0 bridgehead atoms. The van der Waals surface area contributed by atoms with Crippen LogP contribution < -0.4 is 0 Å². The Bertz CT molecular complexity index is 1330. The van der Waals surface area contributed by atoms with Gasteiger partial charge < -0.3 is 0 Å². The molecule has 0 spiro atoms. The van der Waals surface area contributed by atoms with Gasteiger partial charge in [0.25, 0.3) is 0 Å². The fourth-order valence-electron chi connectivity index (χ4n) is 3.71. The smallest absolute Gasteiger partial charge is 0.206 e. The summed E-state index contributed by atoms with van der Waals surface area (Å²) in [7, 11) is 17.2. The Kier molecular flexibility index (Phi) is 7.63. The van der Waals surface area contributed by atoms with Crippen molar-refractivity contribution in [2.24, 2.45) is 0 Å². The molecule has 5 rings (SSSR count). The maximum Gasteiger partial charge on any atom is 0.364 e. The zero-order chi connectivity index (χ0) is 22.6. The molecule has 5 aromatic rings. The SMILES string of the molecule is [Cl][Fe-]([Cl])([Cl])[Cl].c1ccc(Cc2cc3c(ccc4ccccc43)[o+]c2-c2ccccc2)cc1. The van der Waals surface area contributed by atoms with Crippen molar-refractivity contribution in [1.29, 1.82) is 0 Å². The van der Waals surface area contributed by atoms with Crippen molar-refractivity contribution in [2.45, 2.75) is 6.42 Å². The summed E-state index contributed by atoms with van der Waals surface area (Å²) in [6, 6.07) is 35.9. The zero-order valence-corrected chi connectivity index (χ0v) is 20.9. The van der Waals surface area contributed by atoms with Gasteiger partial charge in [0.15, 0.2) is 0 Å². The van der Waals surface area contributed by atoms with Crippen LogP contribution in [0.5, 0.6) is 0 Å². The average molecular weight is 545 g/mol. The summed E-state index contributed by atoms with van der Waals surface area (Å²) in [6.45, 7) is 0. The topological polar surface area (TPSA) is 11.3 Å². The van der Waals surface area contributed by atoms with Crippen molar-refractivity contribution in [2.75, 3.05) is 0 Å². The number of rotatable bonds is 3. The zero-order valence-electron chi connectivity index (χ0n) is 16.8. The summed E-state index contributed by atoms with van der Waals surface area (Å²) in [5, 5.41) is 3.63. The van der Waals surface area contributed by atoms with Crippen LogP contribution in [0, 0.1) is 0 Å². The number of hydrogen-bond acceptors (Lipinski definition) is 0.